The average molecular weight is 304 g/mol. The molecule has 0 spiro atoms. The summed E-state index contributed by atoms with van der Waals surface area (Å²) in [5, 5.41) is 38.3. The Bertz CT molecular complexity index is 688. The fourth-order valence-electron chi connectivity index (χ4n) is 1.81. The number of benzene rings is 1. The maximum Gasteiger partial charge on any atom is 0.150 e. The molecule has 1 heterocycles. The lowest BCUT2D eigenvalue weighted by Gasteiger charge is -2.22. The van der Waals surface area contributed by atoms with Crippen molar-refractivity contribution in [1.29, 1.82) is 10.5 Å². The van der Waals surface area contributed by atoms with Gasteiger partial charge in [0.15, 0.2) is 0 Å². The summed E-state index contributed by atoms with van der Waals surface area (Å²) in [5.74, 6) is 0.165. The summed E-state index contributed by atoms with van der Waals surface area (Å²) in [6, 6.07) is 5.20. The van der Waals surface area contributed by atoms with Crippen molar-refractivity contribution in [3.05, 3.63) is 21.4 Å². The number of allylic oxidation sites excluding steroid dienone is 1. The lowest BCUT2D eigenvalue weighted by atomic mass is 9.86. The first-order valence-corrected chi connectivity index (χ1v) is 7.42. The third-order valence-electron chi connectivity index (χ3n) is 2.82. The Morgan fingerprint density at radius 3 is 2.15 bits per heavy atom. The van der Waals surface area contributed by atoms with Crippen LogP contribution in [0.1, 0.15) is 26.3 Å². The number of aromatic hydroxyl groups is 2. The van der Waals surface area contributed by atoms with Crippen LogP contribution in [-0.4, -0.2) is 10.2 Å². The summed E-state index contributed by atoms with van der Waals surface area (Å²) in [6.07, 6.45) is 0. The number of rotatable bonds is 0. The first-order valence-electron chi connectivity index (χ1n) is 5.79. The van der Waals surface area contributed by atoms with E-state index in [2.05, 4.69) is 0 Å². The van der Waals surface area contributed by atoms with Gasteiger partial charge >= 0.3 is 0 Å². The third-order valence-corrected chi connectivity index (χ3v) is 5.44. The van der Waals surface area contributed by atoms with Crippen molar-refractivity contribution in [2.75, 3.05) is 0 Å². The molecule has 0 bridgehead atoms. The second kappa shape index (κ2) is 4.97. The van der Waals surface area contributed by atoms with E-state index in [-0.39, 0.29) is 22.5 Å². The standard InChI is InChI=1S/C14H12N2O2S2/c1-14(2,3)8-4-9(17)11-12(10(8)18)20-13(19-11)7(5-15)6-16/h4,17-18H,1-3H3. The first-order chi connectivity index (χ1) is 9.29. The van der Waals surface area contributed by atoms with Crippen LogP contribution in [0.5, 0.6) is 11.5 Å². The normalized spacial score (nSPS) is 13.6. The Kier molecular flexibility index (Phi) is 3.64. The second-order valence-electron chi connectivity index (χ2n) is 5.29. The molecule has 1 aromatic rings. The predicted molar refractivity (Wildman–Crippen MR) is 78.4 cm³/mol. The second-order valence-corrected chi connectivity index (χ2v) is 7.59. The molecule has 0 saturated carbocycles. The van der Waals surface area contributed by atoms with E-state index in [1.807, 2.05) is 32.9 Å². The highest BCUT2D eigenvalue weighted by molar-refractivity contribution is 8.24. The molecule has 2 rings (SSSR count). The molecule has 0 fully saturated rings. The molecule has 1 aliphatic rings. The van der Waals surface area contributed by atoms with Gasteiger partial charge in [-0.1, -0.05) is 44.3 Å². The molecule has 1 aliphatic heterocycles. The van der Waals surface area contributed by atoms with Crippen LogP contribution in [0.3, 0.4) is 0 Å². The van der Waals surface area contributed by atoms with Crippen LogP contribution in [0.15, 0.2) is 25.7 Å². The van der Waals surface area contributed by atoms with Gasteiger partial charge < -0.3 is 10.2 Å². The van der Waals surface area contributed by atoms with E-state index in [1.54, 1.807) is 6.07 Å². The molecular formula is C14H12N2O2S2. The minimum atomic E-state index is -0.318. The number of phenolic OH excluding ortho intramolecular Hbond substituents is 2. The Hall–Kier alpha value is -1.76. The molecule has 0 amide bonds. The van der Waals surface area contributed by atoms with E-state index >= 15 is 0 Å². The van der Waals surface area contributed by atoms with Crippen LogP contribution in [0, 0.1) is 22.7 Å². The molecule has 0 unspecified atom stereocenters. The number of phenols is 2. The maximum atomic E-state index is 10.4. The Balaban J connectivity index is 2.63. The van der Waals surface area contributed by atoms with Gasteiger partial charge in [-0.2, -0.15) is 10.5 Å². The summed E-state index contributed by atoms with van der Waals surface area (Å²) in [4.78, 5) is 1.01. The number of nitriles is 2. The number of fused-ring (bicyclic) bond motifs is 1. The molecule has 102 valence electrons. The minimum absolute atomic E-state index is 0.00712. The van der Waals surface area contributed by atoms with Gasteiger partial charge in [0.25, 0.3) is 0 Å². The molecule has 4 nitrogen and oxygen atoms in total. The Morgan fingerprint density at radius 2 is 1.65 bits per heavy atom. The average Bonchev–Trinajstić information content (AvgIpc) is 2.79. The number of hydrogen-bond acceptors (Lipinski definition) is 6. The van der Waals surface area contributed by atoms with Crippen LogP contribution >= 0.6 is 23.5 Å². The molecule has 2 N–H and O–H groups in total. The number of hydrogen-bond donors (Lipinski definition) is 2. The summed E-state index contributed by atoms with van der Waals surface area (Å²) in [5.41, 5.74) is 0.313. The molecule has 1 aromatic carbocycles. The van der Waals surface area contributed by atoms with E-state index in [9.17, 15) is 10.2 Å². The molecule has 0 radical (unpaired) electrons. The zero-order valence-electron chi connectivity index (χ0n) is 11.2. The molecule has 0 atom stereocenters. The molecule has 20 heavy (non-hydrogen) atoms. The fourth-order valence-corrected chi connectivity index (χ4v) is 4.24. The van der Waals surface area contributed by atoms with Crippen LogP contribution in [-0.2, 0) is 5.41 Å². The van der Waals surface area contributed by atoms with Gasteiger partial charge in [0.1, 0.15) is 29.2 Å². The van der Waals surface area contributed by atoms with Crippen LogP contribution in [0.25, 0.3) is 0 Å². The monoisotopic (exact) mass is 304 g/mol. The van der Waals surface area contributed by atoms with Gasteiger partial charge in [0, 0.05) is 5.56 Å². The third kappa shape index (κ3) is 2.33. The summed E-state index contributed by atoms with van der Waals surface area (Å²) in [7, 11) is 0. The Labute approximate surface area is 125 Å². The minimum Gasteiger partial charge on any atom is -0.507 e. The number of nitrogens with zero attached hydrogens (tertiary/aromatic N) is 2. The highest BCUT2D eigenvalue weighted by atomic mass is 32.2. The van der Waals surface area contributed by atoms with Crippen molar-refractivity contribution in [1.82, 2.24) is 0 Å². The molecule has 0 aliphatic carbocycles. The van der Waals surface area contributed by atoms with Crippen molar-refractivity contribution in [3.63, 3.8) is 0 Å². The van der Waals surface area contributed by atoms with E-state index in [1.165, 1.54) is 0 Å². The van der Waals surface area contributed by atoms with Gasteiger partial charge in [-0.3, -0.25) is 0 Å². The highest BCUT2D eigenvalue weighted by Crippen LogP contribution is 2.60. The molecule has 0 saturated heterocycles. The van der Waals surface area contributed by atoms with Crippen molar-refractivity contribution in [3.8, 4) is 23.6 Å². The van der Waals surface area contributed by atoms with E-state index < -0.39 is 0 Å². The number of thioether (sulfide) groups is 2. The van der Waals surface area contributed by atoms with Gasteiger partial charge in [-0.05, 0) is 11.5 Å². The zero-order chi connectivity index (χ0) is 15.1. The smallest absolute Gasteiger partial charge is 0.150 e. The SMILES string of the molecule is CC(C)(C)c1cc(O)c2c(c1O)SC(=C(C#N)C#N)S2. The van der Waals surface area contributed by atoms with Gasteiger partial charge in [-0.15, -0.1) is 0 Å². The van der Waals surface area contributed by atoms with Crippen molar-refractivity contribution >= 4 is 23.5 Å². The lowest BCUT2D eigenvalue weighted by Crippen LogP contribution is -2.11. The lowest BCUT2D eigenvalue weighted by molar-refractivity contribution is 0.413. The van der Waals surface area contributed by atoms with Gasteiger partial charge in [0.2, 0.25) is 0 Å². The predicted octanol–water partition coefficient (Wildman–Crippen LogP) is 3.85. The first kappa shape index (κ1) is 14.6. The molecule has 6 heteroatoms. The van der Waals surface area contributed by atoms with Crippen molar-refractivity contribution < 1.29 is 10.2 Å². The maximum absolute atomic E-state index is 10.4. The summed E-state index contributed by atoms with van der Waals surface area (Å²) in [6.45, 7) is 5.81. The van der Waals surface area contributed by atoms with E-state index in [4.69, 9.17) is 10.5 Å². The van der Waals surface area contributed by atoms with Crippen molar-refractivity contribution in [2.24, 2.45) is 0 Å². The summed E-state index contributed by atoms with van der Waals surface area (Å²) < 4.78 is 0.488. The van der Waals surface area contributed by atoms with Crippen molar-refractivity contribution in [2.45, 2.75) is 36.0 Å². The largest absolute Gasteiger partial charge is 0.507 e. The van der Waals surface area contributed by atoms with Crippen LogP contribution in [0.4, 0.5) is 0 Å². The van der Waals surface area contributed by atoms with Gasteiger partial charge in [0.05, 0.1) is 14.0 Å². The Morgan fingerprint density at radius 1 is 1.10 bits per heavy atom. The van der Waals surface area contributed by atoms with Gasteiger partial charge in [-0.25, -0.2) is 0 Å². The van der Waals surface area contributed by atoms with E-state index in [0.29, 0.717) is 19.6 Å². The van der Waals surface area contributed by atoms with Crippen LogP contribution < -0.4 is 0 Å². The quantitative estimate of drug-likeness (QED) is 0.559. The molecule has 0 aromatic heterocycles. The highest BCUT2D eigenvalue weighted by Gasteiger charge is 2.31. The topological polar surface area (TPSA) is 88.0 Å². The molecular weight excluding hydrogens is 292 g/mol. The van der Waals surface area contributed by atoms with E-state index in [0.717, 1.165) is 23.5 Å². The zero-order valence-corrected chi connectivity index (χ0v) is 12.8. The fraction of sp³-hybridized carbons (Fsp3) is 0.286. The van der Waals surface area contributed by atoms with Crippen LogP contribution in [0.2, 0.25) is 0 Å². The summed E-state index contributed by atoms with van der Waals surface area (Å²) >= 11 is 2.29.